The van der Waals surface area contributed by atoms with Gasteiger partial charge in [0.1, 0.15) is 5.75 Å². The number of nitrogens with one attached hydrogen (secondary N) is 2. The standard InChI is InChI=1S/C22H26N2O3/c1-14-4-9-18(19-10-11-21(26)24-22(14)19)20(25)13-23-15(2)12-16-5-7-17(27-3)8-6-16/h4-11,15,20,23,25H,12-13H2,1-3H3,(H,24,26)/t15-,20-/m0/s1. The fraction of sp³-hybridized carbons (Fsp3) is 0.318. The van der Waals surface area contributed by atoms with Gasteiger partial charge in [0.25, 0.3) is 0 Å². The summed E-state index contributed by atoms with van der Waals surface area (Å²) in [5.41, 5.74) is 3.66. The number of benzene rings is 2. The zero-order valence-corrected chi connectivity index (χ0v) is 16.0. The number of methoxy groups -OCH3 is 1. The van der Waals surface area contributed by atoms with Crippen molar-refractivity contribution in [1.29, 1.82) is 0 Å². The van der Waals surface area contributed by atoms with Crippen LogP contribution in [0.4, 0.5) is 0 Å². The van der Waals surface area contributed by atoms with Crippen LogP contribution < -0.4 is 15.6 Å². The molecule has 3 aromatic rings. The third-order valence-electron chi connectivity index (χ3n) is 4.86. The Bertz CT molecular complexity index is 963. The van der Waals surface area contributed by atoms with Crippen LogP contribution in [0.2, 0.25) is 0 Å². The summed E-state index contributed by atoms with van der Waals surface area (Å²) in [5, 5.41) is 15.0. The Balaban J connectivity index is 1.66. The van der Waals surface area contributed by atoms with Crippen molar-refractivity contribution in [2.75, 3.05) is 13.7 Å². The summed E-state index contributed by atoms with van der Waals surface area (Å²) >= 11 is 0. The van der Waals surface area contributed by atoms with E-state index in [1.165, 1.54) is 11.6 Å². The van der Waals surface area contributed by atoms with Crippen LogP contribution in [0.1, 0.15) is 29.7 Å². The molecule has 0 amide bonds. The molecule has 2 aromatic carbocycles. The normalized spacial score (nSPS) is 13.5. The van der Waals surface area contributed by atoms with Gasteiger partial charge in [-0.2, -0.15) is 0 Å². The van der Waals surface area contributed by atoms with Gasteiger partial charge in [-0.15, -0.1) is 0 Å². The number of aliphatic hydroxyl groups excluding tert-OH is 1. The van der Waals surface area contributed by atoms with Crippen LogP contribution in [0, 0.1) is 6.92 Å². The lowest BCUT2D eigenvalue weighted by molar-refractivity contribution is 0.172. The van der Waals surface area contributed by atoms with Gasteiger partial charge >= 0.3 is 0 Å². The van der Waals surface area contributed by atoms with Gasteiger partial charge < -0.3 is 20.1 Å². The first kappa shape index (κ1) is 19.1. The lowest BCUT2D eigenvalue weighted by Crippen LogP contribution is -2.32. The number of ether oxygens (including phenoxy) is 1. The maximum atomic E-state index is 11.6. The molecule has 0 bridgehead atoms. The van der Waals surface area contributed by atoms with E-state index >= 15 is 0 Å². The number of H-pyrrole nitrogens is 1. The quantitative estimate of drug-likeness (QED) is 0.601. The van der Waals surface area contributed by atoms with Crippen LogP contribution in [0.25, 0.3) is 10.9 Å². The van der Waals surface area contributed by atoms with Crippen molar-refractivity contribution in [3.05, 3.63) is 75.6 Å². The number of hydrogen-bond donors (Lipinski definition) is 3. The summed E-state index contributed by atoms with van der Waals surface area (Å²) in [7, 11) is 1.66. The van der Waals surface area contributed by atoms with Gasteiger partial charge in [-0.1, -0.05) is 24.3 Å². The van der Waals surface area contributed by atoms with Crippen LogP contribution in [0.15, 0.2) is 53.3 Å². The topological polar surface area (TPSA) is 74.3 Å². The highest BCUT2D eigenvalue weighted by atomic mass is 16.5. The van der Waals surface area contributed by atoms with E-state index < -0.39 is 6.10 Å². The average Bonchev–Trinajstić information content (AvgIpc) is 2.67. The van der Waals surface area contributed by atoms with E-state index in [4.69, 9.17) is 4.74 Å². The van der Waals surface area contributed by atoms with Gasteiger partial charge in [-0.25, -0.2) is 0 Å². The highest BCUT2D eigenvalue weighted by molar-refractivity contribution is 5.85. The number of hydrogen-bond acceptors (Lipinski definition) is 4. The first-order valence-corrected chi connectivity index (χ1v) is 9.15. The molecule has 3 rings (SSSR count). The molecule has 27 heavy (non-hydrogen) atoms. The van der Waals surface area contributed by atoms with Gasteiger partial charge in [0.05, 0.1) is 18.7 Å². The maximum Gasteiger partial charge on any atom is 0.248 e. The molecule has 0 radical (unpaired) electrons. The second kappa shape index (κ2) is 8.37. The fourth-order valence-electron chi connectivity index (χ4n) is 3.31. The summed E-state index contributed by atoms with van der Waals surface area (Å²) in [6, 6.07) is 15.4. The zero-order chi connectivity index (χ0) is 19.4. The summed E-state index contributed by atoms with van der Waals surface area (Å²) < 4.78 is 5.18. The Morgan fingerprint density at radius 3 is 2.56 bits per heavy atom. The molecule has 0 spiro atoms. The second-order valence-corrected chi connectivity index (χ2v) is 6.96. The molecule has 1 aromatic heterocycles. The molecule has 0 saturated heterocycles. The van der Waals surface area contributed by atoms with Crippen molar-refractivity contribution in [3.8, 4) is 5.75 Å². The van der Waals surface area contributed by atoms with Crippen molar-refractivity contribution in [1.82, 2.24) is 10.3 Å². The second-order valence-electron chi connectivity index (χ2n) is 6.96. The van der Waals surface area contributed by atoms with Crippen molar-refractivity contribution in [2.24, 2.45) is 0 Å². The van der Waals surface area contributed by atoms with E-state index in [1.54, 1.807) is 13.2 Å². The fourth-order valence-corrected chi connectivity index (χ4v) is 3.31. The Kier molecular flexibility index (Phi) is 5.94. The Morgan fingerprint density at radius 1 is 1.11 bits per heavy atom. The number of rotatable bonds is 7. The summed E-state index contributed by atoms with van der Waals surface area (Å²) in [6.07, 6.45) is 0.205. The maximum absolute atomic E-state index is 11.6. The van der Waals surface area contributed by atoms with E-state index in [0.717, 1.165) is 34.2 Å². The number of aryl methyl sites for hydroxylation is 1. The van der Waals surface area contributed by atoms with Crippen LogP contribution in [0.5, 0.6) is 5.75 Å². The number of aromatic amines is 1. The van der Waals surface area contributed by atoms with Gasteiger partial charge in [0.15, 0.2) is 0 Å². The summed E-state index contributed by atoms with van der Waals surface area (Å²) in [6.45, 7) is 4.49. The number of pyridine rings is 1. The molecule has 0 fully saturated rings. The van der Waals surface area contributed by atoms with E-state index in [1.807, 2.05) is 31.2 Å². The minimum atomic E-state index is -0.655. The molecule has 0 unspecified atom stereocenters. The Labute approximate surface area is 159 Å². The van der Waals surface area contributed by atoms with Crippen molar-refractivity contribution < 1.29 is 9.84 Å². The van der Waals surface area contributed by atoms with E-state index in [9.17, 15) is 9.90 Å². The molecule has 0 saturated carbocycles. The average molecular weight is 366 g/mol. The molecule has 0 aliphatic heterocycles. The SMILES string of the molecule is COc1ccc(C[C@H](C)NC[C@H](O)c2ccc(C)c3[nH]c(=O)ccc23)cc1. The lowest BCUT2D eigenvalue weighted by Gasteiger charge is -2.19. The number of fused-ring (bicyclic) bond motifs is 1. The third-order valence-corrected chi connectivity index (χ3v) is 4.86. The molecule has 2 atom stereocenters. The molecular formula is C22H26N2O3. The molecule has 5 heteroatoms. The molecule has 0 aliphatic rings. The van der Waals surface area contributed by atoms with Crippen molar-refractivity contribution >= 4 is 10.9 Å². The van der Waals surface area contributed by atoms with E-state index in [-0.39, 0.29) is 11.6 Å². The summed E-state index contributed by atoms with van der Waals surface area (Å²) in [4.78, 5) is 14.5. The molecular weight excluding hydrogens is 340 g/mol. The van der Waals surface area contributed by atoms with Gasteiger partial charge in [0, 0.05) is 24.0 Å². The number of aliphatic hydroxyl groups is 1. The predicted molar refractivity (Wildman–Crippen MR) is 108 cm³/mol. The highest BCUT2D eigenvalue weighted by Crippen LogP contribution is 2.24. The summed E-state index contributed by atoms with van der Waals surface area (Å²) in [5.74, 6) is 0.846. The minimum absolute atomic E-state index is 0.136. The molecule has 142 valence electrons. The molecule has 1 heterocycles. The van der Waals surface area contributed by atoms with Crippen LogP contribution >= 0.6 is 0 Å². The minimum Gasteiger partial charge on any atom is -0.497 e. The first-order chi connectivity index (χ1) is 13.0. The third kappa shape index (κ3) is 4.56. The van der Waals surface area contributed by atoms with Gasteiger partial charge in [0.2, 0.25) is 5.56 Å². The van der Waals surface area contributed by atoms with Gasteiger partial charge in [-0.05, 0) is 55.2 Å². The number of aromatic nitrogens is 1. The monoisotopic (exact) mass is 366 g/mol. The van der Waals surface area contributed by atoms with E-state index in [0.29, 0.717) is 6.54 Å². The first-order valence-electron chi connectivity index (χ1n) is 9.15. The van der Waals surface area contributed by atoms with Crippen molar-refractivity contribution in [2.45, 2.75) is 32.4 Å². The predicted octanol–water partition coefficient (Wildman–Crippen LogP) is 3.10. The molecule has 3 N–H and O–H groups in total. The van der Waals surface area contributed by atoms with Crippen LogP contribution in [-0.4, -0.2) is 29.8 Å². The van der Waals surface area contributed by atoms with Crippen molar-refractivity contribution in [3.63, 3.8) is 0 Å². The molecule has 5 nitrogen and oxygen atoms in total. The Morgan fingerprint density at radius 2 is 1.85 bits per heavy atom. The van der Waals surface area contributed by atoms with Gasteiger partial charge in [-0.3, -0.25) is 4.79 Å². The highest BCUT2D eigenvalue weighted by Gasteiger charge is 2.14. The smallest absolute Gasteiger partial charge is 0.248 e. The largest absolute Gasteiger partial charge is 0.497 e. The molecule has 0 aliphatic carbocycles. The van der Waals surface area contributed by atoms with Crippen LogP contribution in [-0.2, 0) is 6.42 Å². The van der Waals surface area contributed by atoms with Crippen LogP contribution in [0.3, 0.4) is 0 Å². The lowest BCUT2D eigenvalue weighted by atomic mass is 10.00. The Hall–Kier alpha value is -2.63. The zero-order valence-electron chi connectivity index (χ0n) is 16.0. The van der Waals surface area contributed by atoms with E-state index in [2.05, 4.69) is 29.4 Å².